The standard InChI is InChI=1S/C28H35N5/c1-5-6-11-25-31-26-27(23-9-7-8-10-24(23)30-28(26)29)33(25)19-18-20(2)12-13-21-14-16-22(17-15-21)32(3)4/h7-10,12-17,20H,5-6,11,18-19H2,1-4H3,(H2,29,30)/b13-12+. The molecule has 2 aromatic heterocycles. The molecule has 4 rings (SSSR count). The second kappa shape index (κ2) is 10.1. The Bertz CT molecular complexity index is 1250. The minimum absolute atomic E-state index is 0.445. The van der Waals surface area contributed by atoms with Crippen LogP contribution in [0.5, 0.6) is 0 Å². The van der Waals surface area contributed by atoms with Gasteiger partial charge in [0.25, 0.3) is 0 Å². The zero-order valence-corrected chi connectivity index (χ0v) is 20.3. The maximum absolute atomic E-state index is 6.33. The van der Waals surface area contributed by atoms with Crippen LogP contribution in [0.25, 0.3) is 28.0 Å². The predicted molar refractivity (Wildman–Crippen MR) is 142 cm³/mol. The minimum Gasteiger partial charge on any atom is -0.382 e. The summed E-state index contributed by atoms with van der Waals surface area (Å²) in [5.41, 5.74) is 11.7. The van der Waals surface area contributed by atoms with Crippen LogP contribution in [0.4, 0.5) is 11.5 Å². The number of aryl methyl sites for hydroxylation is 2. The summed E-state index contributed by atoms with van der Waals surface area (Å²) in [7, 11) is 4.13. The number of nitrogens with zero attached hydrogens (tertiary/aromatic N) is 4. The second-order valence-corrected chi connectivity index (χ2v) is 9.11. The van der Waals surface area contributed by atoms with Crippen LogP contribution < -0.4 is 10.6 Å². The number of para-hydroxylation sites is 1. The van der Waals surface area contributed by atoms with E-state index in [0.29, 0.717) is 11.7 Å². The Morgan fingerprint density at radius 1 is 1.06 bits per heavy atom. The quantitative estimate of drug-likeness (QED) is 0.330. The molecule has 0 bridgehead atoms. The van der Waals surface area contributed by atoms with Crippen molar-refractivity contribution in [3.63, 3.8) is 0 Å². The van der Waals surface area contributed by atoms with Crippen LogP contribution in [0.1, 0.15) is 44.5 Å². The van der Waals surface area contributed by atoms with E-state index in [-0.39, 0.29) is 0 Å². The summed E-state index contributed by atoms with van der Waals surface area (Å²) in [5.74, 6) is 2.09. The van der Waals surface area contributed by atoms with Crippen molar-refractivity contribution in [3.8, 4) is 0 Å². The highest BCUT2D eigenvalue weighted by Crippen LogP contribution is 2.30. The zero-order chi connectivity index (χ0) is 23.4. The third-order valence-corrected chi connectivity index (χ3v) is 6.28. The molecule has 2 N–H and O–H groups in total. The third kappa shape index (κ3) is 5.03. The molecule has 0 saturated heterocycles. The van der Waals surface area contributed by atoms with E-state index in [2.05, 4.69) is 90.9 Å². The summed E-state index contributed by atoms with van der Waals surface area (Å²) >= 11 is 0. The van der Waals surface area contributed by atoms with Gasteiger partial charge in [0.1, 0.15) is 11.3 Å². The average Bonchev–Trinajstić information content (AvgIpc) is 3.19. The van der Waals surface area contributed by atoms with Gasteiger partial charge in [-0.2, -0.15) is 0 Å². The van der Waals surface area contributed by atoms with Crippen molar-refractivity contribution < 1.29 is 0 Å². The molecular weight excluding hydrogens is 406 g/mol. The van der Waals surface area contributed by atoms with Crippen LogP contribution in [0, 0.1) is 5.92 Å². The van der Waals surface area contributed by atoms with E-state index in [1.807, 2.05) is 12.1 Å². The summed E-state index contributed by atoms with van der Waals surface area (Å²) < 4.78 is 2.39. The first-order valence-electron chi connectivity index (χ1n) is 12.0. The van der Waals surface area contributed by atoms with E-state index in [4.69, 9.17) is 10.7 Å². The van der Waals surface area contributed by atoms with E-state index in [1.54, 1.807) is 0 Å². The molecule has 5 heteroatoms. The first kappa shape index (κ1) is 22.8. The zero-order valence-electron chi connectivity index (χ0n) is 20.3. The van der Waals surface area contributed by atoms with Gasteiger partial charge in [-0.05, 0) is 42.5 Å². The largest absolute Gasteiger partial charge is 0.382 e. The lowest BCUT2D eigenvalue weighted by Gasteiger charge is -2.13. The number of hydrogen-bond acceptors (Lipinski definition) is 4. The Balaban J connectivity index is 1.59. The third-order valence-electron chi connectivity index (χ3n) is 6.28. The average molecular weight is 442 g/mol. The number of benzene rings is 2. The van der Waals surface area contributed by atoms with E-state index in [9.17, 15) is 0 Å². The fourth-order valence-electron chi connectivity index (χ4n) is 4.26. The van der Waals surface area contributed by atoms with E-state index in [0.717, 1.165) is 60.0 Å². The summed E-state index contributed by atoms with van der Waals surface area (Å²) in [6.45, 7) is 5.41. The molecule has 0 saturated carbocycles. The molecule has 0 aliphatic heterocycles. The van der Waals surface area contributed by atoms with E-state index >= 15 is 0 Å². The summed E-state index contributed by atoms with van der Waals surface area (Å²) in [6, 6.07) is 16.9. The van der Waals surface area contributed by atoms with Gasteiger partial charge in [-0.1, -0.05) is 62.8 Å². The normalized spacial score (nSPS) is 12.7. The highest BCUT2D eigenvalue weighted by Gasteiger charge is 2.17. The number of unbranched alkanes of at least 4 members (excludes halogenated alkanes) is 1. The van der Waals surface area contributed by atoms with Crippen LogP contribution in [-0.4, -0.2) is 28.6 Å². The van der Waals surface area contributed by atoms with Gasteiger partial charge in [-0.15, -0.1) is 0 Å². The number of imidazole rings is 1. The summed E-state index contributed by atoms with van der Waals surface area (Å²) in [6.07, 6.45) is 8.79. The molecule has 4 aromatic rings. The summed E-state index contributed by atoms with van der Waals surface area (Å²) in [5, 5.41) is 1.13. The van der Waals surface area contributed by atoms with Gasteiger partial charge >= 0.3 is 0 Å². The number of pyridine rings is 1. The number of anilines is 2. The van der Waals surface area contributed by atoms with Gasteiger partial charge in [0, 0.05) is 38.1 Å². The Hall–Kier alpha value is -3.34. The van der Waals surface area contributed by atoms with Crippen LogP contribution in [0.15, 0.2) is 54.6 Å². The number of allylic oxidation sites excluding steroid dienone is 1. The number of nitrogen functional groups attached to an aromatic ring is 1. The van der Waals surface area contributed by atoms with Crippen LogP contribution in [-0.2, 0) is 13.0 Å². The van der Waals surface area contributed by atoms with E-state index < -0.39 is 0 Å². The molecule has 1 atom stereocenters. The summed E-state index contributed by atoms with van der Waals surface area (Å²) in [4.78, 5) is 11.7. The van der Waals surface area contributed by atoms with Crippen LogP contribution in [0.3, 0.4) is 0 Å². The molecule has 0 fully saturated rings. The molecule has 0 aliphatic rings. The highest BCUT2D eigenvalue weighted by atomic mass is 15.1. The predicted octanol–water partition coefficient (Wildman–Crippen LogP) is 6.31. The molecule has 2 heterocycles. The lowest BCUT2D eigenvalue weighted by Crippen LogP contribution is -2.08. The molecule has 1 unspecified atom stereocenters. The molecule has 0 radical (unpaired) electrons. The lowest BCUT2D eigenvalue weighted by molar-refractivity contribution is 0.545. The number of nitrogens with two attached hydrogens (primary N) is 1. The molecule has 2 aromatic carbocycles. The lowest BCUT2D eigenvalue weighted by atomic mass is 10.1. The Labute approximate surface area is 196 Å². The molecule has 5 nitrogen and oxygen atoms in total. The van der Waals surface area contributed by atoms with Crippen molar-refractivity contribution in [2.75, 3.05) is 24.7 Å². The first-order valence-corrected chi connectivity index (χ1v) is 12.0. The number of aromatic nitrogens is 3. The van der Waals surface area contributed by atoms with Crippen molar-refractivity contribution in [1.82, 2.24) is 14.5 Å². The SMILES string of the molecule is CCCCc1nc2c(N)nc3ccccc3c2n1CCC(C)/C=C/c1ccc(N(C)C)cc1. The molecule has 0 amide bonds. The smallest absolute Gasteiger partial charge is 0.152 e. The molecule has 172 valence electrons. The molecule has 33 heavy (non-hydrogen) atoms. The van der Waals surface area contributed by atoms with Crippen molar-refractivity contribution >= 4 is 39.5 Å². The Morgan fingerprint density at radius 3 is 2.55 bits per heavy atom. The highest BCUT2D eigenvalue weighted by molar-refractivity contribution is 6.06. The van der Waals surface area contributed by atoms with Gasteiger partial charge in [0.15, 0.2) is 5.82 Å². The van der Waals surface area contributed by atoms with Gasteiger partial charge in [-0.25, -0.2) is 9.97 Å². The van der Waals surface area contributed by atoms with Gasteiger partial charge < -0.3 is 15.2 Å². The van der Waals surface area contributed by atoms with Crippen molar-refractivity contribution in [1.29, 1.82) is 0 Å². The molecule has 0 aliphatic carbocycles. The molecule has 0 spiro atoms. The van der Waals surface area contributed by atoms with Gasteiger partial charge in [0.2, 0.25) is 0 Å². The fraction of sp³-hybridized carbons (Fsp3) is 0.357. The number of hydrogen-bond donors (Lipinski definition) is 1. The van der Waals surface area contributed by atoms with Crippen molar-refractivity contribution in [2.24, 2.45) is 5.92 Å². The number of rotatable bonds is 9. The monoisotopic (exact) mass is 441 g/mol. The fourth-order valence-corrected chi connectivity index (χ4v) is 4.26. The number of fused-ring (bicyclic) bond motifs is 3. The maximum atomic E-state index is 6.33. The maximum Gasteiger partial charge on any atom is 0.152 e. The van der Waals surface area contributed by atoms with Crippen molar-refractivity contribution in [2.45, 2.75) is 46.1 Å². The topological polar surface area (TPSA) is 60.0 Å². The second-order valence-electron chi connectivity index (χ2n) is 9.11. The Morgan fingerprint density at radius 2 is 1.82 bits per heavy atom. The Kier molecular flexibility index (Phi) is 6.97. The van der Waals surface area contributed by atoms with Crippen molar-refractivity contribution in [3.05, 3.63) is 66.0 Å². The van der Waals surface area contributed by atoms with Gasteiger partial charge in [0.05, 0.1) is 11.0 Å². The first-order chi connectivity index (χ1) is 16.0. The van der Waals surface area contributed by atoms with Crippen LogP contribution in [0.2, 0.25) is 0 Å². The van der Waals surface area contributed by atoms with Gasteiger partial charge in [-0.3, -0.25) is 0 Å². The molecular formula is C28H35N5. The van der Waals surface area contributed by atoms with Crippen LogP contribution >= 0.6 is 0 Å². The minimum atomic E-state index is 0.445. The van der Waals surface area contributed by atoms with E-state index in [1.165, 1.54) is 11.3 Å².